The highest BCUT2D eigenvalue weighted by atomic mass is 79.9. The zero-order chi connectivity index (χ0) is 13.8. The number of nitrogens with one attached hydrogen (secondary N) is 1. The van der Waals surface area contributed by atoms with Crippen LogP contribution in [-0.2, 0) is 6.42 Å². The Kier molecular flexibility index (Phi) is 5.80. The predicted octanol–water partition coefficient (Wildman–Crippen LogP) is 4.05. The summed E-state index contributed by atoms with van der Waals surface area (Å²) in [6.45, 7) is 12.2. The van der Waals surface area contributed by atoms with Crippen LogP contribution in [0.25, 0.3) is 0 Å². The van der Waals surface area contributed by atoms with Crippen molar-refractivity contribution in [3.8, 4) is 0 Å². The van der Waals surface area contributed by atoms with Crippen molar-refractivity contribution >= 4 is 15.9 Å². The Morgan fingerprint density at radius 3 is 2.39 bits per heavy atom. The first-order chi connectivity index (χ1) is 8.28. The maximum Gasteiger partial charge on any atom is 0.0413 e. The Labute approximate surface area is 120 Å². The van der Waals surface area contributed by atoms with Crippen molar-refractivity contribution in [2.45, 2.75) is 46.6 Å². The summed E-state index contributed by atoms with van der Waals surface area (Å²) < 4.78 is 1.04. The minimum atomic E-state index is 0.181. The second-order valence-corrected chi connectivity index (χ2v) is 7.22. The molecule has 102 valence electrons. The fourth-order valence-electron chi connectivity index (χ4n) is 1.78. The molecule has 3 heteroatoms. The van der Waals surface area contributed by atoms with Gasteiger partial charge in [-0.1, -0.05) is 13.8 Å². The van der Waals surface area contributed by atoms with E-state index in [2.05, 4.69) is 73.0 Å². The molecular formula is C15H25BrN2. The van der Waals surface area contributed by atoms with Gasteiger partial charge >= 0.3 is 0 Å². The molecule has 0 saturated heterocycles. The smallest absolute Gasteiger partial charge is 0.0413 e. The summed E-state index contributed by atoms with van der Waals surface area (Å²) in [5, 5.41) is 3.60. The van der Waals surface area contributed by atoms with Gasteiger partial charge in [0.2, 0.25) is 0 Å². The quantitative estimate of drug-likeness (QED) is 0.887. The van der Waals surface area contributed by atoms with Crippen LogP contribution in [0.2, 0.25) is 0 Å². The van der Waals surface area contributed by atoms with E-state index in [1.54, 1.807) is 0 Å². The summed E-state index contributed by atoms with van der Waals surface area (Å²) in [5.74, 6) is 1.28. The summed E-state index contributed by atoms with van der Waals surface area (Å²) in [5.41, 5.74) is 1.35. The van der Waals surface area contributed by atoms with Crippen LogP contribution in [-0.4, -0.2) is 17.1 Å². The molecule has 1 unspecified atom stereocenters. The molecule has 1 aromatic rings. The summed E-state index contributed by atoms with van der Waals surface area (Å²) in [7, 11) is 0. The van der Waals surface area contributed by atoms with Gasteiger partial charge in [0.05, 0.1) is 0 Å². The lowest BCUT2D eigenvalue weighted by atomic mass is 9.90. The van der Waals surface area contributed by atoms with Gasteiger partial charge < -0.3 is 5.32 Å². The van der Waals surface area contributed by atoms with Crippen LogP contribution in [0, 0.1) is 11.8 Å². The largest absolute Gasteiger partial charge is 0.312 e. The Morgan fingerprint density at radius 2 is 1.94 bits per heavy atom. The highest BCUT2D eigenvalue weighted by molar-refractivity contribution is 9.10. The maximum atomic E-state index is 4.47. The first-order valence-corrected chi connectivity index (χ1v) is 7.42. The van der Waals surface area contributed by atoms with E-state index >= 15 is 0 Å². The molecule has 1 aromatic heterocycles. The Morgan fingerprint density at radius 1 is 1.28 bits per heavy atom. The molecule has 0 aliphatic rings. The van der Waals surface area contributed by atoms with E-state index in [-0.39, 0.29) is 5.54 Å². The van der Waals surface area contributed by atoms with Crippen LogP contribution < -0.4 is 5.32 Å². The standard InChI is InChI=1S/C15H25BrN2/c1-11(2)12(9-18-15(3,4)5)8-14-7-6-13(16)10-17-14/h6-7,10-12,18H,8-9H2,1-5H3. The number of hydrogen-bond donors (Lipinski definition) is 1. The molecule has 0 aliphatic heterocycles. The summed E-state index contributed by atoms with van der Waals surface area (Å²) in [4.78, 5) is 4.47. The molecule has 2 nitrogen and oxygen atoms in total. The molecule has 0 aromatic carbocycles. The summed E-state index contributed by atoms with van der Waals surface area (Å²) >= 11 is 3.42. The van der Waals surface area contributed by atoms with Gasteiger partial charge in [-0.2, -0.15) is 0 Å². The molecule has 0 fully saturated rings. The molecule has 0 spiro atoms. The minimum Gasteiger partial charge on any atom is -0.312 e. The van der Waals surface area contributed by atoms with Crippen molar-refractivity contribution in [2.24, 2.45) is 11.8 Å². The molecule has 0 aliphatic carbocycles. The SMILES string of the molecule is CC(C)C(CNC(C)(C)C)Cc1ccc(Br)cn1. The van der Waals surface area contributed by atoms with Crippen molar-refractivity contribution < 1.29 is 0 Å². The second kappa shape index (κ2) is 6.67. The first kappa shape index (κ1) is 15.6. The molecule has 1 heterocycles. The molecular weight excluding hydrogens is 288 g/mol. The number of hydrogen-bond acceptors (Lipinski definition) is 2. The van der Waals surface area contributed by atoms with Gasteiger partial charge in [0, 0.05) is 21.9 Å². The topological polar surface area (TPSA) is 24.9 Å². The van der Waals surface area contributed by atoms with Gasteiger partial charge in [0.15, 0.2) is 0 Å². The van der Waals surface area contributed by atoms with Gasteiger partial charge in [-0.25, -0.2) is 0 Å². The van der Waals surface area contributed by atoms with E-state index in [1.165, 1.54) is 5.69 Å². The number of rotatable bonds is 5. The fraction of sp³-hybridized carbons (Fsp3) is 0.667. The van der Waals surface area contributed by atoms with Crippen LogP contribution in [0.3, 0.4) is 0 Å². The van der Waals surface area contributed by atoms with Crippen molar-refractivity contribution in [1.29, 1.82) is 0 Å². The predicted molar refractivity (Wildman–Crippen MR) is 81.7 cm³/mol. The molecule has 0 amide bonds. The molecule has 0 saturated carbocycles. The lowest BCUT2D eigenvalue weighted by Gasteiger charge is -2.27. The van der Waals surface area contributed by atoms with Crippen LogP contribution in [0.1, 0.15) is 40.3 Å². The van der Waals surface area contributed by atoms with E-state index in [4.69, 9.17) is 0 Å². The third-order valence-electron chi connectivity index (χ3n) is 3.10. The van der Waals surface area contributed by atoms with Crippen molar-refractivity contribution in [2.75, 3.05) is 6.54 Å². The average Bonchev–Trinajstić information content (AvgIpc) is 2.25. The highest BCUT2D eigenvalue weighted by Crippen LogP contribution is 2.18. The number of aromatic nitrogens is 1. The Hall–Kier alpha value is -0.410. The Bertz CT molecular complexity index is 352. The number of nitrogens with zero attached hydrogens (tertiary/aromatic N) is 1. The molecule has 18 heavy (non-hydrogen) atoms. The van der Waals surface area contributed by atoms with E-state index < -0.39 is 0 Å². The fourth-order valence-corrected chi connectivity index (χ4v) is 2.01. The van der Waals surface area contributed by atoms with Gasteiger partial charge in [0.1, 0.15) is 0 Å². The van der Waals surface area contributed by atoms with E-state index in [0.717, 1.165) is 17.4 Å². The Balaban J connectivity index is 2.60. The van der Waals surface area contributed by atoms with Crippen LogP contribution >= 0.6 is 15.9 Å². The van der Waals surface area contributed by atoms with Gasteiger partial charge in [0.25, 0.3) is 0 Å². The highest BCUT2D eigenvalue weighted by Gasteiger charge is 2.18. The van der Waals surface area contributed by atoms with Crippen molar-refractivity contribution in [1.82, 2.24) is 10.3 Å². The first-order valence-electron chi connectivity index (χ1n) is 6.63. The lowest BCUT2D eigenvalue weighted by molar-refractivity contribution is 0.310. The third kappa shape index (κ3) is 5.96. The van der Waals surface area contributed by atoms with Crippen LogP contribution in [0.15, 0.2) is 22.8 Å². The molecule has 0 radical (unpaired) electrons. The normalized spacial score (nSPS) is 13.9. The van der Waals surface area contributed by atoms with E-state index in [9.17, 15) is 0 Å². The molecule has 1 atom stereocenters. The molecule has 0 bridgehead atoms. The summed E-state index contributed by atoms with van der Waals surface area (Å²) in [6.07, 6.45) is 2.91. The number of pyridine rings is 1. The zero-order valence-corrected chi connectivity index (χ0v) is 13.7. The van der Waals surface area contributed by atoms with Crippen LogP contribution in [0.5, 0.6) is 0 Å². The third-order valence-corrected chi connectivity index (χ3v) is 3.57. The van der Waals surface area contributed by atoms with Gasteiger partial charge in [-0.3, -0.25) is 4.98 Å². The minimum absolute atomic E-state index is 0.181. The monoisotopic (exact) mass is 312 g/mol. The van der Waals surface area contributed by atoms with Gasteiger partial charge in [-0.15, -0.1) is 0 Å². The molecule has 1 N–H and O–H groups in total. The lowest BCUT2D eigenvalue weighted by Crippen LogP contribution is -2.40. The van der Waals surface area contributed by atoms with E-state index in [1.807, 2.05) is 6.20 Å². The van der Waals surface area contributed by atoms with Gasteiger partial charge in [-0.05, 0) is 73.6 Å². The second-order valence-electron chi connectivity index (χ2n) is 6.31. The number of halogens is 1. The van der Waals surface area contributed by atoms with Crippen LogP contribution in [0.4, 0.5) is 0 Å². The summed E-state index contributed by atoms with van der Waals surface area (Å²) in [6, 6.07) is 4.17. The maximum absolute atomic E-state index is 4.47. The average molecular weight is 313 g/mol. The van der Waals surface area contributed by atoms with E-state index in [0.29, 0.717) is 11.8 Å². The zero-order valence-electron chi connectivity index (χ0n) is 12.1. The molecule has 1 rings (SSSR count). The van der Waals surface area contributed by atoms with Crippen molar-refractivity contribution in [3.63, 3.8) is 0 Å². The van der Waals surface area contributed by atoms with Crippen molar-refractivity contribution in [3.05, 3.63) is 28.5 Å².